The number of hydrogen-bond acceptors (Lipinski definition) is 4. The molecular formula is C15H24N2O3S. The first-order valence-electron chi connectivity index (χ1n) is 6.89. The molecule has 0 radical (unpaired) electrons. The third kappa shape index (κ3) is 4.82. The van der Waals surface area contributed by atoms with Gasteiger partial charge < -0.3 is 10.6 Å². The maximum absolute atomic E-state index is 12.3. The lowest BCUT2D eigenvalue weighted by Gasteiger charge is -2.23. The molecule has 1 amide bonds. The minimum absolute atomic E-state index is 0.0883. The molecule has 1 aromatic rings. The molecular weight excluding hydrogens is 288 g/mol. The predicted molar refractivity (Wildman–Crippen MR) is 85.3 cm³/mol. The molecule has 1 rings (SSSR count). The summed E-state index contributed by atoms with van der Waals surface area (Å²) in [5, 5.41) is 5.77. The SMILES string of the molecule is CNCCc1ccccc1C(=O)NCC(C)(C)S(C)(=O)=O. The second-order valence-corrected chi connectivity index (χ2v) is 8.37. The third-order valence-corrected chi connectivity index (χ3v) is 5.74. The van der Waals surface area contributed by atoms with Crippen molar-refractivity contribution < 1.29 is 13.2 Å². The van der Waals surface area contributed by atoms with Crippen LogP contribution in [0.1, 0.15) is 29.8 Å². The summed E-state index contributed by atoms with van der Waals surface area (Å²) in [6.07, 6.45) is 1.93. The molecule has 6 heteroatoms. The average Bonchev–Trinajstić information content (AvgIpc) is 2.41. The van der Waals surface area contributed by atoms with Gasteiger partial charge in [0.2, 0.25) is 0 Å². The molecule has 21 heavy (non-hydrogen) atoms. The molecule has 0 aliphatic rings. The lowest BCUT2D eigenvalue weighted by atomic mass is 10.0. The minimum Gasteiger partial charge on any atom is -0.350 e. The van der Waals surface area contributed by atoms with Gasteiger partial charge in [-0.15, -0.1) is 0 Å². The lowest BCUT2D eigenvalue weighted by molar-refractivity contribution is 0.0949. The molecule has 0 fully saturated rings. The molecule has 0 aliphatic heterocycles. The van der Waals surface area contributed by atoms with Crippen molar-refractivity contribution in [2.45, 2.75) is 25.0 Å². The second-order valence-electron chi connectivity index (χ2n) is 5.73. The Balaban J connectivity index is 2.81. The van der Waals surface area contributed by atoms with Crippen LogP contribution in [-0.2, 0) is 16.3 Å². The van der Waals surface area contributed by atoms with Crippen molar-refractivity contribution in [3.05, 3.63) is 35.4 Å². The van der Waals surface area contributed by atoms with E-state index in [9.17, 15) is 13.2 Å². The predicted octanol–water partition coefficient (Wildman–Crippen LogP) is 1.00. The number of carbonyl (C=O) groups is 1. The number of rotatable bonds is 7. The average molecular weight is 312 g/mol. The first-order valence-corrected chi connectivity index (χ1v) is 8.78. The molecule has 0 aromatic heterocycles. The normalized spacial score (nSPS) is 12.2. The third-order valence-electron chi connectivity index (χ3n) is 3.58. The molecule has 5 nitrogen and oxygen atoms in total. The van der Waals surface area contributed by atoms with Crippen LogP contribution in [-0.4, -0.2) is 45.5 Å². The van der Waals surface area contributed by atoms with Gasteiger partial charge in [0.05, 0.1) is 4.75 Å². The van der Waals surface area contributed by atoms with E-state index in [2.05, 4.69) is 10.6 Å². The van der Waals surface area contributed by atoms with Crippen molar-refractivity contribution in [3.63, 3.8) is 0 Å². The minimum atomic E-state index is -3.23. The van der Waals surface area contributed by atoms with Gasteiger partial charge in [0.25, 0.3) is 5.91 Å². The first kappa shape index (κ1) is 17.7. The van der Waals surface area contributed by atoms with Crippen LogP contribution in [0.4, 0.5) is 0 Å². The topological polar surface area (TPSA) is 75.3 Å². The van der Waals surface area contributed by atoms with E-state index in [0.29, 0.717) is 5.56 Å². The van der Waals surface area contributed by atoms with Gasteiger partial charge in [-0.1, -0.05) is 18.2 Å². The molecule has 0 saturated carbocycles. The number of hydrogen-bond donors (Lipinski definition) is 2. The van der Waals surface area contributed by atoms with E-state index in [1.165, 1.54) is 6.26 Å². The summed E-state index contributed by atoms with van der Waals surface area (Å²) in [5.41, 5.74) is 1.54. The van der Waals surface area contributed by atoms with Gasteiger partial charge in [-0.3, -0.25) is 4.79 Å². The zero-order valence-electron chi connectivity index (χ0n) is 13.1. The highest BCUT2D eigenvalue weighted by molar-refractivity contribution is 7.92. The van der Waals surface area contributed by atoms with Crippen molar-refractivity contribution in [1.82, 2.24) is 10.6 Å². The molecule has 0 heterocycles. The highest BCUT2D eigenvalue weighted by Crippen LogP contribution is 2.15. The Morgan fingerprint density at radius 3 is 2.43 bits per heavy atom. The maximum Gasteiger partial charge on any atom is 0.251 e. The molecule has 0 atom stereocenters. The Hall–Kier alpha value is -1.40. The summed E-state index contributed by atoms with van der Waals surface area (Å²) in [4.78, 5) is 12.3. The van der Waals surface area contributed by atoms with E-state index < -0.39 is 14.6 Å². The Morgan fingerprint density at radius 1 is 1.24 bits per heavy atom. The van der Waals surface area contributed by atoms with Crippen LogP contribution in [0.25, 0.3) is 0 Å². The number of likely N-dealkylation sites (N-methyl/N-ethyl adjacent to an activating group) is 1. The quantitative estimate of drug-likeness (QED) is 0.788. The first-order chi connectivity index (χ1) is 9.69. The van der Waals surface area contributed by atoms with Crippen LogP contribution < -0.4 is 10.6 Å². The largest absolute Gasteiger partial charge is 0.350 e. The zero-order chi connectivity index (χ0) is 16.1. The number of sulfone groups is 1. The van der Waals surface area contributed by atoms with Crippen LogP contribution in [0.5, 0.6) is 0 Å². The molecule has 0 spiro atoms. The van der Waals surface area contributed by atoms with Gasteiger partial charge in [0, 0.05) is 18.4 Å². The van der Waals surface area contributed by atoms with Crippen molar-refractivity contribution in [2.75, 3.05) is 26.4 Å². The Morgan fingerprint density at radius 2 is 1.86 bits per heavy atom. The van der Waals surface area contributed by atoms with Gasteiger partial charge in [-0.25, -0.2) is 8.42 Å². The van der Waals surface area contributed by atoms with Crippen molar-refractivity contribution >= 4 is 15.7 Å². The van der Waals surface area contributed by atoms with Gasteiger partial charge in [-0.05, 0) is 45.5 Å². The summed E-state index contributed by atoms with van der Waals surface area (Å²) < 4.78 is 22.3. The molecule has 2 N–H and O–H groups in total. The van der Waals surface area contributed by atoms with Crippen LogP contribution in [0.2, 0.25) is 0 Å². The van der Waals surface area contributed by atoms with Crippen molar-refractivity contribution in [3.8, 4) is 0 Å². The highest BCUT2D eigenvalue weighted by Gasteiger charge is 2.30. The molecule has 0 aliphatic carbocycles. The summed E-state index contributed by atoms with van der Waals surface area (Å²) in [5.74, 6) is -0.238. The van der Waals surface area contributed by atoms with Crippen LogP contribution >= 0.6 is 0 Å². The highest BCUT2D eigenvalue weighted by atomic mass is 32.2. The van der Waals surface area contributed by atoms with Gasteiger partial charge >= 0.3 is 0 Å². The molecule has 0 saturated heterocycles. The molecule has 1 aromatic carbocycles. The smallest absolute Gasteiger partial charge is 0.251 e. The zero-order valence-corrected chi connectivity index (χ0v) is 13.9. The number of nitrogens with one attached hydrogen (secondary N) is 2. The summed E-state index contributed by atoms with van der Waals surface area (Å²) >= 11 is 0. The molecule has 0 bridgehead atoms. The standard InChI is InChI=1S/C15H24N2O3S/c1-15(2,21(4,19)20)11-17-14(18)13-8-6-5-7-12(13)9-10-16-3/h5-8,16H,9-11H2,1-4H3,(H,17,18). The summed E-state index contributed by atoms with van der Waals surface area (Å²) in [6.45, 7) is 4.08. The number of carbonyl (C=O) groups excluding carboxylic acids is 1. The fraction of sp³-hybridized carbons (Fsp3) is 0.533. The molecule has 0 unspecified atom stereocenters. The Labute approximate surface area is 127 Å². The van der Waals surface area contributed by atoms with E-state index in [-0.39, 0.29) is 12.5 Å². The van der Waals surface area contributed by atoms with Gasteiger partial charge in [-0.2, -0.15) is 0 Å². The van der Waals surface area contributed by atoms with Crippen molar-refractivity contribution in [2.24, 2.45) is 0 Å². The van der Waals surface area contributed by atoms with Crippen LogP contribution in [0.3, 0.4) is 0 Å². The molecule has 118 valence electrons. The monoisotopic (exact) mass is 312 g/mol. The summed E-state index contributed by atoms with van der Waals surface area (Å²) in [7, 11) is -1.37. The van der Waals surface area contributed by atoms with Crippen molar-refractivity contribution in [1.29, 1.82) is 0 Å². The van der Waals surface area contributed by atoms with E-state index in [1.54, 1.807) is 26.0 Å². The van der Waals surface area contributed by atoms with Crippen LogP contribution in [0.15, 0.2) is 24.3 Å². The van der Waals surface area contributed by atoms with Gasteiger partial charge in [0.15, 0.2) is 9.84 Å². The van der Waals surface area contributed by atoms with Crippen LogP contribution in [0, 0.1) is 0 Å². The van der Waals surface area contributed by atoms with E-state index >= 15 is 0 Å². The fourth-order valence-corrected chi connectivity index (χ4v) is 2.07. The second kappa shape index (κ2) is 7.04. The Bertz CT molecular complexity index is 595. The summed E-state index contributed by atoms with van der Waals surface area (Å²) in [6, 6.07) is 7.36. The van der Waals surface area contributed by atoms with E-state index in [0.717, 1.165) is 18.5 Å². The van der Waals surface area contributed by atoms with E-state index in [4.69, 9.17) is 0 Å². The fourth-order valence-electron chi connectivity index (χ4n) is 1.74. The number of amides is 1. The number of benzene rings is 1. The Kier molecular flexibility index (Phi) is 5.92. The van der Waals surface area contributed by atoms with Gasteiger partial charge in [0.1, 0.15) is 0 Å². The van der Waals surface area contributed by atoms with E-state index in [1.807, 2.05) is 19.2 Å². The lowest BCUT2D eigenvalue weighted by Crippen LogP contribution is -2.44. The maximum atomic E-state index is 12.3.